The van der Waals surface area contributed by atoms with Crippen molar-refractivity contribution >= 4 is 51.8 Å². The van der Waals surface area contributed by atoms with E-state index in [4.69, 9.17) is 39.6 Å². The molecule has 2 N–H and O–H groups in total. The van der Waals surface area contributed by atoms with Gasteiger partial charge in [-0.05, 0) is 72.8 Å². The Kier molecular flexibility index (Phi) is 9.95. The van der Waals surface area contributed by atoms with Gasteiger partial charge in [-0.25, -0.2) is 18.6 Å². The van der Waals surface area contributed by atoms with Gasteiger partial charge in [0.2, 0.25) is 5.89 Å². The van der Waals surface area contributed by atoms with Crippen molar-refractivity contribution in [1.29, 1.82) is 0 Å². The van der Waals surface area contributed by atoms with E-state index in [-0.39, 0.29) is 0 Å². The van der Waals surface area contributed by atoms with Crippen molar-refractivity contribution < 1.29 is 33.3 Å². The van der Waals surface area contributed by atoms with Gasteiger partial charge in [-0.2, -0.15) is 4.98 Å². The fraction of sp³-hybridized carbons (Fsp3) is 0. The molecular formula is C33H26Cl2N3O5P. The fourth-order valence-corrected chi connectivity index (χ4v) is 9.02. The summed E-state index contributed by atoms with van der Waals surface area (Å²) in [5.41, 5.74) is 9.29. The van der Waals surface area contributed by atoms with Gasteiger partial charge in [-0.1, -0.05) is 84.4 Å². The van der Waals surface area contributed by atoms with E-state index in [1.165, 1.54) is 15.9 Å². The summed E-state index contributed by atoms with van der Waals surface area (Å²) >= 11 is 6.20. The van der Waals surface area contributed by atoms with Crippen LogP contribution in [-0.2, 0) is 0 Å². The highest BCUT2D eigenvalue weighted by molar-refractivity contribution is 8.01. The van der Waals surface area contributed by atoms with Crippen LogP contribution >= 0.6 is 18.9 Å². The van der Waals surface area contributed by atoms with E-state index in [0.29, 0.717) is 16.8 Å². The molecule has 5 aromatic carbocycles. The van der Waals surface area contributed by atoms with Crippen molar-refractivity contribution in [3.8, 4) is 11.5 Å². The zero-order valence-electron chi connectivity index (χ0n) is 23.0. The molecule has 222 valence electrons. The van der Waals surface area contributed by atoms with Crippen LogP contribution in [0.3, 0.4) is 0 Å². The molecule has 6 rings (SSSR count). The summed E-state index contributed by atoms with van der Waals surface area (Å²) in [7, 11) is -7.45. The average molecular weight is 646 g/mol. The van der Waals surface area contributed by atoms with Gasteiger partial charge in [-0.3, -0.25) is 10.9 Å². The molecule has 1 heterocycles. The molecule has 0 bridgehead atoms. The Bertz CT molecular complexity index is 1650. The minimum atomic E-state index is -4.94. The van der Waals surface area contributed by atoms with Crippen molar-refractivity contribution in [3.05, 3.63) is 151 Å². The van der Waals surface area contributed by atoms with Crippen LogP contribution in [0.15, 0.2) is 150 Å². The molecule has 11 heteroatoms. The van der Waals surface area contributed by atoms with Gasteiger partial charge in [0, 0.05) is 10.6 Å². The molecule has 6 aromatic rings. The number of nitrogens with zero attached hydrogens (tertiary/aromatic N) is 1. The van der Waals surface area contributed by atoms with E-state index >= 15 is 0 Å². The normalized spacial score (nSPS) is 11.3. The maximum atomic E-state index is 8.49. The second-order valence-corrected chi connectivity index (χ2v) is 13.9. The zero-order chi connectivity index (χ0) is 31.0. The lowest BCUT2D eigenvalue weighted by atomic mass is 10.2. The first-order valence-electron chi connectivity index (χ1n) is 13.3. The monoisotopic (exact) mass is 645 g/mol. The first-order chi connectivity index (χ1) is 21.2. The van der Waals surface area contributed by atoms with Crippen molar-refractivity contribution in [1.82, 2.24) is 4.98 Å². The van der Waals surface area contributed by atoms with Crippen LogP contribution in [0.5, 0.6) is 0 Å². The zero-order valence-corrected chi connectivity index (χ0v) is 25.5. The Hall–Kier alpha value is -4.24. The van der Waals surface area contributed by atoms with Crippen molar-refractivity contribution in [3.63, 3.8) is 0 Å². The minimum absolute atomic E-state index is 0.520. The summed E-state index contributed by atoms with van der Waals surface area (Å²) in [6, 6.07) is 49.4. The van der Waals surface area contributed by atoms with E-state index in [0.717, 1.165) is 16.7 Å². The minimum Gasteiger partial charge on any atom is -0.415 e. The number of halogens is 2. The summed E-state index contributed by atoms with van der Waals surface area (Å²) in [5, 5.41) is 4.21. The third kappa shape index (κ3) is 7.45. The van der Waals surface area contributed by atoms with E-state index in [1.54, 1.807) is 0 Å². The standard InChI is InChI=1S/C33H26ClN3OP.ClHO4/c34-26-23-21-25(22-24-26)31-35-33(32(38-31)37-36-27-13-5-1-6-14-27)39(28-15-7-2-8-16-28,29-17-9-3-10-18-29)30-19-11-4-12-20-30;2-1(3,4)5/h1-24,36-37H;(H,2,3,4,5)/q+1;/p-1. The number of oxazole rings is 1. The van der Waals surface area contributed by atoms with Gasteiger partial charge in [0.15, 0.2) is 7.26 Å². The average Bonchev–Trinajstić information content (AvgIpc) is 3.46. The maximum absolute atomic E-state index is 8.49. The SMILES string of the molecule is Clc1ccc(-c2nc([P+](c3ccccc3)(c3ccccc3)c3ccccc3)c(NNc3ccccc3)o2)cc1.[O-][Cl+3]([O-])([O-])[O-]. The highest BCUT2D eigenvalue weighted by Gasteiger charge is 2.53. The number of benzene rings is 5. The molecule has 8 nitrogen and oxygen atoms in total. The lowest BCUT2D eigenvalue weighted by molar-refractivity contribution is -2.00. The third-order valence-electron chi connectivity index (χ3n) is 6.54. The molecule has 0 aliphatic heterocycles. The van der Waals surface area contributed by atoms with Crippen LogP contribution < -0.4 is 50.8 Å². The first kappa shape index (κ1) is 31.2. The number of hydrogen-bond donors (Lipinski definition) is 2. The largest absolute Gasteiger partial charge is 0.415 e. The molecule has 44 heavy (non-hydrogen) atoms. The molecule has 1 aromatic heterocycles. The molecule has 0 aliphatic carbocycles. The number of rotatable bonds is 8. The third-order valence-corrected chi connectivity index (χ3v) is 11.0. The molecule has 0 atom stereocenters. The van der Waals surface area contributed by atoms with Gasteiger partial charge in [0.1, 0.15) is 15.9 Å². The Labute approximate surface area is 262 Å². The quantitative estimate of drug-likeness (QED) is 0.190. The molecular weight excluding hydrogens is 620 g/mol. The molecule has 0 spiro atoms. The predicted molar refractivity (Wildman–Crippen MR) is 165 cm³/mol. The summed E-state index contributed by atoms with van der Waals surface area (Å²) in [6.45, 7) is 0. The Balaban J connectivity index is 0.000000712. The van der Waals surface area contributed by atoms with E-state index < -0.39 is 17.5 Å². The lowest BCUT2D eigenvalue weighted by Crippen LogP contribution is -2.68. The summed E-state index contributed by atoms with van der Waals surface area (Å²) in [6.07, 6.45) is 0. The Morgan fingerprint density at radius 3 is 1.41 bits per heavy atom. The number of aromatic nitrogens is 1. The number of hydrazine groups is 1. The van der Waals surface area contributed by atoms with E-state index in [2.05, 4.69) is 83.6 Å². The molecule has 0 unspecified atom stereocenters. The molecule has 0 amide bonds. The van der Waals surface area contributed by atoms with Crippen molar-refractivity contribution in [2.24, 2.45) is 0 Å². The Morgan fingerprint density at radius 1 is 0.568 bits per heavy atom. The highest BCUT2D eigenvalue weighted by atomic mass is 35.7. The molecule has 0 aliphatic rings. The second kappa shape index (κ2) is 14.0. The van der Waals surface area contributed by atoms with Crippen LogP contribution in [-0.4, -0.2) is 4.98 Å². The summed E-state index contributed by atoms with van der Waals surface area (Å²) in [4.78, 5) is 5.26. The smallest absolute Gasteiger partial charge is 0.278 e. The van der Waals surface area contributed by atoms with Gasteiger partial charge in [0.05, 0.1) is 5.69 Å². The summed E-state index contributed by atoms with van der Waals surface area (Å²) < 4.78 is 40.5. The lowest BCUT2D eigenvalue weighted by Gasteiger charge is -2.25. The Morgan fingerprint density at radius 2 is 0.977 bits per heavy atom. The molecule has 0 saturated heterocycles. The highest BCUT2D eigenvalue weighted by Crippen LogP contribution is 2.55. The number of nitrogens with one attached hydrogen (secondary N) is 2. The van der Waals surface area contributed by atoms with Gasteiger partial charge in [-0.15, -0.1) is 10.2 Å². The fourth-order valence-electron chi connectivity index (χ4n) is 4.76. The van der Waals surface area contributed by atoms with Gasteiger partial charge >= 0.3 is 0 Å². The van der Waals surface area contributed by atoms with Crippen LogP contribution in [0, 0.1) is 10.2 Å². The van der Waals surface area contributed by atoms with Crippen molar-refractivity contribution in [2.75, 3.05) is 10.9 Å². The van der Waals surface area contributed by atoms with Crippen LogP contribution in [0.2, 0.25) is 5.02 Å². The maximum Gasteiger partial charge on any atom is 0.278 e. The first-order valence-corrected chi connectivity index (χ1v) is 16.7. The number of para-hydroxylation sites is 1. The second-order valence-electron chi connectivity index (χ2n) is 9.35. The predicted octanol–water partition coefficient (Wildman–Crippen LogP) is 2.30. The van der Waals surface area contributed by atoms with Gasteiger partial charge in [0.25, 0.3) is 11.3 Å². The molecule has 0 radical (unpaired) electrons. The van der Waals surface area contributed by atoms with Crippen LogP contribution in [0.4, 0.5) is 11.6 Å². The van der Waals surface area contributed by atoms with E-state index in [9.17, 15) is 0 Å². The van der Waals surface area contributed by atoms with Crippen LogP contribution in [0.1, 0.15) is 0 Å². The van der Waals surface area contributed by atoms with Crippen LogP contribution in [0.25, 0.3) is 11.5 Å². The van der Waals surface area contributed by atoms with Gasteiger partial charge < -0.3 is 4.42 Å². The van der Waals surface area contributed by atoms with E-state index in [1.807, 2.05) is 72.8 Å². The number of hydrogen-bond acceptors (Lipinski definition) is 8. The molecule has 0 fully saturated rings. The summed E-state index contributed by atoms with van der Waals surface area (Å²) in [5.74, 6) is 1.08. The van der Waals surface area contributed by atoms with Crippen molar-refractivity contribution in [2.45, 2.75) is 0 Å². The number of anilines is 2. The molecule has 0 saturated carbocycles. The topological polar surface area (TPSA) is 142 Å².